The van der Waals surface area contributed by atoms with Crippen molar-refractivity contribution in [3.05, 3.63) is 22.4 Å². The van der Waals surface area contributed by atoms with Gasteiger partial charge in [0, 0.05) is 12.8 Å². The molecule has 5 nitrogen and oxygen atoms in total. The number of Topliss-reactive ketones (excluding diaryl/α,β-unsaturated/α-hetero) is 1. The molecule has 0 aliphatic carbocycles. The first kappa shape index (κ1) is 15.2. The van der Waals surface area contributed by atoms with E-state index in [1.807, 2.05) is 5.38 Å². The zero-order valence-corrected chi connectivity index (χ0v) is 12.9. The van der Waals surface area contributed by atoms with Gasteiger partial charge in [0.25, 0.3) is 0 Å². The Morgan fingerprint density at radius 2 is 2.15 bits per heavy atom. The molecule has 1 amide bonds. The molecule has 1 aromatic heterocycles. The van der Waals surface area contributed by atoms with Crippen molar-refractivity contribution in [2.75, 3.05) is 11.5 Å². The Morgan fingerprint density at radius 3 is 2.70 bits per heavy atom. The molecular formula is C13H17NO4S2. The second-order valence-corrected chi connectivity index (χ2v) is 8.48. The number of thiophene rings is 1. The molecule has 0 unspecified atom stereocenters. The quantitative estimate of drug-likeness (QED) is 0.833. The van der Waals surface area contributed by atoms with Gasteiger partial charge in [-0.2, -0.15) is 0 Å². The topological polar surface area (TPSA) is 80.3 Å². The highest BCUT2D eigenvalue weighted by atomic mass is 32.2. The maximum absolute atomic E-state index is 11.8. The van der Waals surface area contributed by atoms with E-state index in [4.69, 9.17) is 0 Å². The van der Waals surface area contributed by atoms with Gasteiger partial charge in [-0.15, -0.1) is 11.3 Å². The summed E-state index contributed by atoms with van der Waals surface area (Å²) in [4.78, 5) is 24.2. The maximum Gasteiger partial charge on any atom is 0.220 e. The van der Waals surface area contributed by atoms with E-state index in [9.17, 15) is 18.0 Å². The van der Waals surface area contributed by atoms with E-state index in [-0.39, 0.29) is 36.0 Å². The molecule has 0 saturated carbocycles. The van der Waals surface area contributed by atoms with Crippen LogP contribution in [0.2, 0.25) is 0 Å². The van der Waals surface area contributed by atoms with E-state index < -0.39 is 15.4 Å². The molecule has 1 atom stereocenters. The summed E-state index contributed by atoms with van der Waals surface area (Å²) in [6, 6.07) is 3.53. The third-order valence-corrected chi connectivity index (χ3v) is 6.13. The fraction of sp³-hybridized carbons (Fsp3) is 0.538. The summed E-state index contributed by atoms with van der Waals surface area (Å²) in [5.41, 5.74) is -0.693. The SMILES string of the molecule is C[C@@]1(NC(=O)CCC(=O)c2cccs2)CCS(=O)(=O)C1. The molecule has 0 aromatic carbocycles. The number of nitrogens with one attached hydrogen (secondary N) is 1. The highest BCUT2D eigenvalue weighted by Gasteiger charge is 2.39. The Labute approximate surface area is 122 Å². The Balaban J connectivity index is 1.83. The number of rotatable bonds is 5. The van der Waals surface area contributed by atoms with Crippen LogP contribution in [-0.2, 0) is 14.6 Å². The Bertz CT molecular complexity index is 606. The van der Waals surface area contributed by atoms with Gasteiger partial charge in [0.15, 0.2) is 15.6 Å². The van der Waals surface area contributed by atoms with Crippen LogP contribution in [0, 0.1) is 0 Å². The number of amides is 1. The summed E-state index contributed by atoms with van der Waals surface area (Å²) in [7, 11) is -3.05. The lowest BCUT2D eigenvalue weighted by Crippen LogP contribution is -2.46. The number of ketones is 1. The smallest absolute Gasteiger partial charge is 0.220 e. The highest BCUT2D eigenvalue weighted by molar-refractivity contribution is 7.91. The first-order chi connectivity index (χ1) is 9.30. The van der Waals surface area contributed by atoms with Crippen molar-refractivity contribution >= 4 is 32.9 Å². The van der Waals surface area contributed by atoms with Gasteiger partial charge >= 0.3 is 0 Å². The molecule has 1 N–H and O–H groups in total. The van der Waals surface area contributed by atoms with Crippen LogP contribution in [0.5, 0.6) is 0 Å². The summed E-state index contributed by atoms with van der Waals surface area (Å²) in [6.07, 6.45) is 0.668. The van der Waals surface area contributed by atoms with Crippen molar-refractivity contribution in [2.45, 2.75) is 31.7 Å². The van der Waals surface area contributed by atoms with Gasteiger partial charge in [0.2, 0.25) is 5.91 Å². The van der Waals surface area contributed by atoms with Crippen molar-refractivity contribution in [3.8, 4) is 0 Å². The first-order valence-electron chi connectivity index (χ1n) is 6.38. The van der Waals surface area contributed by atoms with Gasteiger partial charge in [-0.1, -0.05) is 6.07 Å². The molecule has 20 heavy (non-hydrogen) atoms. The minimum absolute atomic E-state index is 0.0232. The lowest BCUT2D eigenvalue weighted by atomic mass is 10.0. The lowest BCUT2D eigenvalue weighted by Gasteiger charge is -2.23. The van der Waals surface area contributed by atoms with Crippen LogP contribution < -0.4 is 5.32 Å². The fourth-order valence-electron chi connectivity index (χ4n) is 2.30. The van der Waals surface area contributed by atoms with Crippen molar-refractivity contribution in [1.29, 1.82) is 0 Å². The second kappa shape index (κ2) is 5.65. The van der Waals surface area contributed by atoms with Gasteiger partial charge in [-0.05, 0) is 24.8 Å². The molecule has 0 bridgehead atoms. The fourth-order valence-corrected chi connectivity index (χ4v) is 5.08. The number of hydrogen-bond donors (Lipinski definition) is 1. The Hall–Kier alpha value is -1.21. The predicted octanol–water partition coefficient (Wildman–Crippen LogP) is 1.40. The highest BCUT2D eigenvalue weighted by Crippen LogP contribution is 2.23. The molecule has 1 fully saturated rings. The van der Waals surface area contributed by atoms with Gasteiger partial charge in [-0.3, -0.25) is 9.59 Å². The van der Waals surface area contributed by atoms with Crippen LogP contribution in [0.25, 0.3) is 0 Å². The van der Waals surface area contributed by atoms with E-state index in [1.165, 1.54) is 11.3 Å². The normalized spacial score (nSPS) is 24.4. The van der Waals surface area contributed by atoms with E-state index in [0.717, 1.165) is 0 Å². The second-order valence-electron chi connectivity index (χ2n) is 5.35. The molecule has 1 aromatic rings. The molecule has 1 aliphatic heterocycles. The summed E-state index contributed by atoms with van der Waals surface area (Å²) >= 11 is 1.35. The minimum Gasteiger partial charge on any atom is -0.350 e. The van der Waals surface area contributed by atoms with Crippen LogP contribution in [0.3, 0.4) is 0 Å². The number of carbonyl (C=O) groups excluding carboxylic acids is 2. The van der Waals surface area contributed by atoms with Crippen LogP contribution >= 0.6 is 11.3 Å². The van der Waals surface area contributed by atoms with Crippen LogP contribution in [0.4, 0.5) is 0 Å². The van der Waals surface area contributed by atoms with Gasteiger partial charge in [0.05, 0.1) is 21.9 Å². The largest absolute Gasteiger partial charge is 0.350 e. The van der Waals surface area contributed by atoms with Gasteiger partial charge < -0.3 is 5.32 Å². The molecule has 110 valence electrons. The van der Waals surface area contributed by atoms with Crippen LogP contribution in [0.15, 0.2) is 17.5 Å². The molecular weight excluding hydrogens is 298 g/mol. The molecule has 0 radical (unpaired) electrons. The zero-order chi connectivity index (χ0) is 14.8. The van der Waals surface area contributed by atoms with E-state index in [2.05, 4.69) is 5.32 Å². The number of sulfone groups is 1. The van der Waals surface area contributed by atoms with Crippen molar-refractivity contribution < 1.29 is 18.0 Å². The van der Waals surface area contributed by atoms with Crippen molar-refractivity contribution in [2.24, 2.45) is 0 Å². The molecule has 7 heteroatoms. The van der Waals surface area contributed by atoms with Crippen molar-refractivity contribution in [1.82, 2.24) is 5.32 Å². The number of carbonyl (C=O) groups is 2. The monoisotopic (exact) mass is 315 g/mol. The molecule has 1 saturated heterocycles. The summed E-state index contributed by atoms with van der Waals surface area (Å²) in [6.45, 7) is 1.73. The zero-order valence-electron chi connectivity index (χ0n) is 11.2. The Kier molecular flexibility index (Phi) is 4.29. The predicted molar refractivity (Wildman–Crippen MR) is 77.7 cm³/mol. The third-order valence-electron chi connectivity index (χ3n) is 3.32. The van der Waals surface area contributed by atoms with E-state index in [1.54, 1.807) is 19.1 Å². The Morgan fingerprint density at radius 1 is 1.40 bits per heavy atom. The van der Waals surface area contributed by atoms with Crippen LogP contribution in [-0.4, -0.2) is 37.2 Å². The van der Waals surface area contributed by atoms with E-state index >= 15 is 0 Å². The molecule has 2 rings (SSSR count). The first-order valence-corrected chi connectivity index (χ1v) is 9.08. The van der Waals surface area contributed by atoms with Crippen molar-refractivity contribution in [3.63, 3.8) is 0 Å². The third kappa shape index (κ3) is 3.89. The number of hydrogen-bond acceptors (Lipinski definition) is 5. The average Bonchev–Trinajstić information content (AvgIpc) is 2.94. The van der Waals surface area contributed by atoms with E-state index in [0.29, 0.717) is 11.3 Å². The average molecular weight is 315 g/mol. The lowest BCUT2D eigenvalue weighted by molar-refractivity contribution is -0.122. The summed E-state index contributed by atoms with van der Waals surface area (Å²) in [5, 5.41) is 4.56. The molecule has 1 aliphatic rings. The van der Waals surface area contributed by atoms with Gasteiger partial charge in [-0.25, -0.2) is 8.42 Å². The van der Waals surface area contributed by atoms with Crippen LogP contribution in [0.1, 0.15) is 35.9 Å². The summed E-state index contributed by atoms with van der Waals surface area (Å²) in [5.74, 6) is -0.239. The standard InChI is InChI=1S/C13H17NO4S2/c1-13(6-8-20(17,18)9-13)14-12(16)5-4-10(15)11-3-2-7-19-11/h2-3,7H,4-6,8-9H2,1H3,(H,14,16)/t13-/m1/s1. The minimum atomic E-state index is -3.05. The molecule has 2 heterocycles. The maximum atomic E-state index is 11.8. The van der Waals surface area contributed by atoms with Gasteiger partial charge in [0.1, 0.15) is 0 Å². The summed E-state index contributed by atoms with van der Waals surface area (Å²) < 4.78 is 22.9. The molecule has 0 spiro atoms.